The minimum Gasteiger partial charge on any atom is -0.462 e. The Labute approximate surface area is 209 Å². The van der Waals surface area contributed by atoms with Crippen molar-refractivity contribution >= 4 is 34.4 Å². The number of nitrogens with zero attached hydrogens (tertiary/aromatic N) is 3. The van der Waals surface area contributed by atoms with Gasteiger partial charge in [-0.3, -0.25) is 9.59 Å². The van der Waals surface area contributed by atoms with Gasteiger partial charge in [0.05, 0.1) is 18.3 Å². The number of carbonyl (C=O) groups is 3. The Bertz CT molecular complexity index is 1430. The number of benzene rings is 2. The molecule has 0 radical (unpaired) electrons. The van der Waals surface area contributed by atoms with Crippen molar-refractivity contribution in [1.82, 2.24) is 14.8 Å². The van der Waals surface area contributed by atoms with Crippen LogP contribution in [0.5, 0.6) is 0 Å². The zero-order valence-electron chi connectivity index (χ0n) is 20.6. The molecule has 2 aromatic carbocycles. The van der Waals surface area contributed by atoms with Gasteiger partial charge in [-0.2, -0.15) is 9.78 Å². The van der Waals surface area contributed by atoms with E-state index in [1.807, 2.05) is 56.3 Å². The molecule has 1 N–H and O–H groups in total. The summed E-state index contributed by atoms with van der Waals surface area (Å²) in [5, 5.41) is 8.17. The maximum absolute atomic E-state index is 12.8. The van der Waals surface area contributed by atoms with Gasteiger partial charge in [-0.05, 0) is 44.4 Å². The van der Waals surface area contributed by atoms with Crippen molar-refractivity contribution in [1.29, 1.82) is 0 Å². The molecule has 0 aliphatic heterocycles. The number of aryl methyl sites for hydroxylation is 2. The molecule has 0 spiro atoms. The number of ketones is 1. The second-order valence-electron chi connectivity index (χ2n) is 8.50. The Hall–Kier alpha value is -4.33. The number of carbonyl (C=O) groups excluding carboxylic acids is 3. The SMILES string of the molecule is CCOC(=O)c1cnn(-c2cc(C)c3cccc(C)c3n2)c1NC(=O)CCCC(=O)c1ccccc1. The van der Waals surface area contributed by atoms with Gasteiger partial charge in [0.1, 0.15) is 5.56 Å². The third-order valence-corrected chi connectivity index (χ3v) is 5.88. The molecule has 4 rings (SSSR count). The number of nitrogens with one attached hydrogen (secondary N) is 1. The Morgan fingerprint density at radius 2 is 1.75 bits per heavy atom. The van der Waals surface area contributed by atoms with Gasteiger partial charge in [0, 0.05) is 23.8 Å². The Kier molecular flexibility index (Phi) is 7.53. The molecule has 4 aromatic rings. The van der Waals surface area contributed by atoms with E-state index in [0.717, 1.165) is 22.0 Å². The van der Waals surface area contributed by atoms with Crippen molar-refractivity contribution in [2.45, 2.75) is 40.0 Å². The minimum absolute atomic E-state index is 0.0214. The summed E-state index contributed by atoms with van der Waals surface area (Å²) in [5.74, 6) is -0.289. The summed E-state index contributed by atoms with van der Waals surface area (Å²) in [6, 6.07) is 16.8. The molecular weight excluding hydrogens is 456 g/mol. The fourth-order valence-corrected chi connectivity index (χ4v) is 4.03. The highest BCUT2D eigenvalue weighted by Crippen LogP contribution is 2.26. The molecule has 0 aliphatic carbocycles. The molecule has 0 fully saturated rings. The molecular formula is C28H28N4O4. The average Bonchev–Trinajstić information content (AvgIpc) is 3.28. The van der Waals surface area contributed by atoms with Gasteiger partial charge >= 0.3 is 5.97 Å². The van der Waals surface area contributed by atoms with Crippen LogP contribution in [0.25, 0.3) is 16.7 Å². The first-order valence-electron chi connectivity index (χ1n) is 11.9. The third-order valence-electron chi connectivity index (χ3n) is 5.88. The number of aromatic nitrogens is 3. The predicted octanol–water partition coefficient (Wildman–Crippen LogP) is 5.21. The second kappa shape index (κ2) is 10.9. The number of pyridine rings is 1. The molecule has 2 aromatic heterocycles. The van der Waals surface area contributed by atoms with Crippen LogP contribution >= 0.6 is 0 Å². The van der Waals surface area contributed by atoms with E-state index >= 15 is 0 Å². The lowest BCUT2D eigenvalue weighted by Gasteiger charge is -2.13. The molecule has 0 bridgehead atoms. The van der Waals surface area contributed by atoms with Gasteiger partial charge < -0.3 is 10.1 Å². The van der Waals surface area contributed by atoms with Crippen molar-refractivity contribution in [3.63, 3.8) is 0 Å². The first-order valence-corrected chi connectivity index (χ1v) is 11.9. The van der Waals surface area contributed by atoms with E-state index in [4.69, 9.17) is 9.72 Å². The monoisotopic (exact) mass is 484 g/mol. The number of para-hydroxylation sites is 1. The van der Waals surface area contributed by atoms with Crippen LogP contribution in [0.1, 0.15) is 58.0 Å². The third kappa shape index (κ3) is 5.33. The molecule has 0 saturated heterocycles. The zero-order valence-corrected chi connectivity index (χ0v) is 20.6. The van der Waals surface area contributed by atoms with Gasteiger partial charge in [-0.25, -0.2) is 9.78 Å². The number of anilines is 1. The summed E-state index contributed by atoms with van der Waals surface area (Å²) in [6.45, 7) is 5.85. The predicted molar refractivity (Wildman–Crippen MR) is 138 cm³/mol. The summed E-state index contributed by atoms with van der Waals surface area (Å²) >= 11 is 0. The van der Waals surface area contributed by atoms with Crippen LogP contribution in [0.15, 0.2) is 60.8 Å². The molecule has 0 unspecified atom stereocenters. The van der Waals surface area contributed by atoms with Crippen molar-refractivity contribution in [2.24, 2.45) is 0 Å². The Morgan fingerprint density at radius 1 is 0.972 bits per heavy atom. The second-order valence-corrected chi connectivity index (χ2v) is 8.50. The molecule has 36 heavy (non-hydrogen) atoms. The maximum atomic E-state index is 12.8. The van der Waals surface area contributed by atoms with Crippen LogP contribution in [0.2, 0.25) is 0 Å². The van der Waals surface area contributed by atoms with E-state index in [9.17, 15) is 14.4 Å². The molecule has 0 atom stereocenters. The van der Waals surface area contributed by atoms with Gasteiger partial charge in [0.15, 0.2) is 17.4 Å². The van der Waals surface area contributed by atoms with Crippen LogP contribution in [0, 0.1) is 13.8 Å². The van der Waals surface area contributed by atoms with E-state index in [-0.39, 0.29) is 42.5 Å². The smallest absolute Gasteiger partial charge is 0.343 e. The van der Waals surface area contributed by atoms with Crippen LogP contribution in [-0.4, -0.2) is 39.0 Å². The molecule has 8 heteroatoms. The fourth-order valence-electron chi connectivity index (χ4n) is 4.03. The fraction of sp³-hybridized carbons (Fsp3) is 0.250. The van der Waals surface area contributed by atoms with Crippen molar-refractivity contribution in [3.8, 4) is 5.82 Å². The quantitative estimate of drug-likeness (QED) is 0.259. The van der Waals surface area contributed by atoms with Crippen LogP contribution in [0.3, 0.4) is 0 Å². The topological polar surface area (TPSA) is 103 Å². The number of amides is 1. The van der Waals surface area contributed by atoms with E-state index < -0.39 is 5.97 Å². The number of rotatable bonds is 9. The number of hydrogen-bond donors (Lipinski definition) is 1. The maximum Gasteiger partial charge on any atom is 0.343 e. The van der Waals surface area contributed by atoms with Crippen LogP contribution in [0.4, 0.5) is 5.82 Å². The summed E-state index contributed by atoms with van der Waals surface area (Å²) in [6.07, 6.45) is 2.09. The minimum atomic E-state index is -0.591. The standard InChI is InChI=1S/C28H28N4O4/c1-4-36-28(35)22-17-29-32(24-16-19(3)21-13-8-10-18(2)26(21)30-24)27(22)31-25(34)15-9-14-23(33)20-11-6-5-7-12-20/h5-8,10-13,16-17H,4,9,14-15H2,1-3H3,(H,31,34). The normalized spacial score (nSPS) is 10.9. The van der Waals surface area contributed by atoms with Crippen LogP contribution < -0.4 is 5.32 Å². The highest BCUT2D eigenvalue weighted by molar-refractivity contribution is 6.01. The highest BCUT2D eigenvalue weighted by Gasteiger charge is 2.23. The molecule has 8 nitrogen and oxygen atoms in total. The highest BCUT2D eigenvalue weighted by atomic mass is 16.5. The van der Waals surface area contributed by atoms with Crippen molar-refractivity contribution < 1.29 is 19.1 Å². The lowest BCUT2D eigenvalue weighted by atomic mass is 10.1. The molecule has 0 saturated carbocycles. The van der Waals surface area contributed by atoms with Gasteiger partial charge in [-0.1, -0.05) is 48.5 Å². The van der Waals surface area contributed by atoms with Crippen molar-refractivity contribution in [2.75, 3.05) is 11.9 Å². The number of hydrogen-bond acceptors (Lipinski definition) is 6. The number of esters is 1. The first kappa shape index (κ1) is 24.8. The summed E-state index contributed by atoms with van der Waals surface area (Å²) in [4.78, 5) is 42.5. The summed E-state index contributed by atoms with van der Waals surface area (Å²) < 4.78 is 6.61. The van der Waals surface area contributed by atoms with Crippen LogP contribution in [-0.2, 0) is 9.53 Å². The van der Waals surface area contributed by atoms with Crippen molar-refractivity contribution in [3.05, 3.63) is 83.0 Å². The number of Topliss-reactive ketones (excluding diaryl/α,β-unsaturated/α-hetero) is 1. The van der Waals surface area contributed by atoms with E-state index in [2.05, 4.69) is 10.4 Å². The molecule has 1 amide bonds. The molecule has 2 heterocycles. The Balaban J connectivity index is 1.59. The summed E-state index contributed by atoms with van der Waals surface area (Å²) in [7, 11) is 0. The van der Waals surface area contributed by atoms with E-state index in [1.54, 1.807) is 19.1 Å². The Morgan fingerprint density at radius 3 is 2.50 bits per heavy atom. The largest absolute Gasteiger partial charge is 0.462 e. The van der Waals surface area contributed by atoms with Gasteiger partial charge in [0.25, 0.3) is 0 Å². The van der Waals surface area contributed by atoms with Gasteiger partial charge in [0.2, 0.25) is 5.91 Å². The number of ether oxygens (including phenoxy) is 1. The molecule has 184 valence electrons. The summed E-state index contributed by atoms with van der Waals surface area (Å²) in [5.41, 5.74) is 3.56. The average molecular weight is 485 g/mol. The van der Waals surface area contributed by atoms with E-state index in [0.29, 0.717) is 17.8 Å². The molecule has 0 aliphatic rings. The van der Waals surface area contributed by atoms with E-state index in [1.165, 1.54) is 10.9 Å². The first-order chi connectivity index (χ1) is 17.4. The lowest BCUT2D eigenvalue weighted by Crippen LogP contribution is -2.18. The zero-order chi connectivity index (χ0) is 25.7. The lowest BCUT2D eigenvalue weighted by molar-refractivity contribution is -0.116. The number of fused-ring (bicyclic) bond motifs is 1. The van der Waals surface area contributed by atoms with Gasteiger partial charge in [-0.15, -0.1) is 0 Å².